The Morgan fingerprint density at radius 3 is 2.62 bits per heavy atom. The summed E-state index contributed by atoms with van der Waals surface area (Å²) >= 11 is 0. The lowest BCUT2D eigenvalue weighted by Crippen LogP contribution is -2.33. The van der Waals surface area contributed by atoms with Crippen LogP contribution < -0.4 is 5.32 Å². The molecule has 0 spiro atoms. The number of hydrogen-bond acceptors (Lipinski definition) is 3. The maximum absolute atomic E-state index is 11.5. The molecule has 1 aliphatic heterocycles. The molecule has 0 aromatic heterocycles. The van der Waals surface area contributed by atoms with Crippen molar-refractivity contribution >= 4 is 6.09 Å². The lowest BCUT2D eigenvalue weighted by Gasteiger charge is -2.25. The number of carbonyl (C=O) groups is 1. The molecule has 0 saturated carbocycles. The van der Waals surface area contributed by atoms with Gasteiger partial charge in [-0.1, -0.05) is 0 Å². The third kappa shape index (κ3) is 4.84. The Labute approximate surface area is 98.3 Å². The van der Waals surface area contributed by atoms with Crippen LogP contribution in [0.5, 0.6) is 0 Å². The molecule has 0 aromatic rings. The zero-order valence-corrected chi connectivity index (χ0v) is 10.7. The summed E-state index contributed by atoms with van der Waals surface area (Å²) in [6.07, 6.45) is 3.31. The van der Waals surface area contributed by atoms with Crippen LogP contribution in [0.3, 0.4) is 0 Å². The third-order valence-corrected chi connectivity index (χ3v) is 2.98. The van der Waals surface area contributed by atoms with Gasteiger partial charge in [-0.3, -0.25) is 0 Å². The maximum Gasteiger partial charge on any atom is 0.409 e. The number of ether oxygens (including phenoxy) is 1. The molecule has 1 aliphatic rings. The van der Waals surface area contributed by atoms with Crippen molar-refractivity contribution in [1.82, 2.24) is 10.2 Å². The average molecular weight is 228 g/mol. The summed E-state index contributed by atoms with van der Waals surface area (Å²) in [5.74, 6) is 0.760. The number of rotatable bonds is 4. The number of carbonyl (C=O) groups excluding carboxylic acids is 1. The Morgan fingerprint density at radius 2 is 2.06 bits per heavy atom. The lowest BCUT2D eigenvalue weighted by molar-refractivity contribution is 0.0821. The van der Waals surface area contributed by atoms with Crippen LogP contribution in [0.25, 0.3) is 0 Å². The average Bonchev–Trinajstić information content (AvgIpc) is 2.26. The van der Waals surface area contributed by atoms with Crippen LogP contribution in [0.4, 0.5) is 4.79 Å². The van der Waals surface area contributed by atoms with Crippen LogP contribution >= 0.6 is 0 Å². The quantitative estimate of drug-likeness (QED) is 0.798. The van der Waals surface area contributed by atoms with Crippen molar-refractivity contribution < 1.29 is 9.53 Å². The first-order valence-corrected chi connectivity index (χ1v) is 6.22. The summed E-state index contributed by atoms with van der Waals surface area (Å²) in [7, 11) is 1.81. The van der Waals surface area contributed by atoms with Crippen molar-refractivity contribution in [3.63, 3.8) is 0 Å². The van der Waals surface area contributed by atoms with Crippen LogP contribution in [-0.2, 0) is 4.74 Å². The molecule has 4 nitrogen and oxygen atoms in total. The minimum absolute atomic E-state index is 0.0335. The van der Waals surface area contributed by atoms with Gasteiger partial charge in [-0.15, -0.1) is 0 Å². The number of hydrogen-bond donors (Lipinski definition) is 1. The van der Waals surface area contributed by atoms with Gasteiger partial charge in [0.25, 0.3) is 0 Å². The largest absolute Gasteiger partial charge is 0.447 e. The molecule has 0 unspecified atom stereocenters. The van der Waals surface area contributed by atoms with E-state index in [4.69, 9.17) is 4.74 Å². The molecule has 1 N–H and O–H groups in total. The molecule has 1 heterocycles. The van der Waals surface area contributed by atoms with E-state index in [-0.39, 0.29) is 12.2 Å². The monoisotopic (exact) mass is 228 g/mol. The van der Waals surface area contributed by atoms with E-state index in [9.17, 15) is 4.79 Å². The predicted molar refractivity (Wildman–Crippen MR) is 64.5 cm³/mol. The highest BCUT2D eigenvalue weighted by atomic mass is 16.6. The SMILES string of the molecule is CC(C)OC(=O)N(C)CCC1CCNCC1. The molecule has 0 aromatic carbocycles. The Bertz CT molecular complexity index is 213. The molecule has 4 heteroatoms. The second-order valence-corrected chi connectivity index (χ2v) is 4.84. The molecule has 0 aliphatic carbocycles. The van der Waals surface area contributed by atoms with E-state index < -0.39 is 0 Å². The highest BCUT2D eigenvalue weighted by molar-refractivity contribution is 5.67. The van der Waals surface area contributed by atoms with Gasteiger partial charge >= 0.3 is 6.09 Å². The summed E-state index contributed by atoms with van der Waals surface area (Å²) in [5, 5.41) is 3.35. The normalized spacial score (nSPS) is 17.5. The Kier molecular flexibility index (Phi) is 5.60. The zero-order chi connectivity index (χ0) is 12.0. The summed E-state index contributed by atoms with van der Waals surface area (Å²) < 4.78 is 5.13. The highest BCUT2D eigenvalue weighted by Gasteiger charge is 2.16. The van der Waals surface area contributed by atoms with E-state index in [1.54, 1.807) is 4.90 Å². The van der Waals surface area contributed by atoms with Gasteiger partial charge in [-0.05, 0) is 52.1 Å². The van der Waals surface area contributed by atoms with E-state index in [1.807, 2.05) is 20.9 Å². The minimum atomic E-state index is -0.205. The minimum Gasteiger partial charge on any atom is -0.447 e. The zero-order valence-electron chi connectivity index (χ0n) is 10.7. The van der Waals surface area contributed by atoms with Crippen LogP contribution in [0.1, 0.15) is 33.1 Å². The highest BCUT2D eigenvalue weighted by Crippen LogP contribution is 2.16. The summed E-state index contributed by atoms with van der Waals surface area (Å²) in [5.41, 5.74) is 0. The van der Waals surface area contributed by atoms with Crippen molar-refractivity contribution in [2.75, 3.05) is 26.7 Å². The van der Waals surface area contributed by atoms with E-state index in [0.717, 1.165) is 32.0 Å². The molecule has 1 fully saturated rings. The molecular formula is C12H24N2O2. The Morgan fingerprint density at radius 1 is 1.44 bits per heavy atom. The number of nitrogens with zero attached hydrogens (tertiary/aromatic N) is 1. The number of amides is 1. The van der Waals surface area contributed by atoms with E-state index >= 15 is 0 Å². The predicted octanol–water partition coefficient (Wildman–Crippen LogP) is 1.85. The molecule has 1 saturated heterocycles. The van der Waals surface area contributed by atoms with Crippen LogP contribution in [0.15, 0.2) is 0 Å². The summed E-state index contributed by atoms with van der Waals surface area (Å²) in [6, 6.07) is 0. The van der Waals surface area contributed by atoms with Gasteiger partial charge < -0.3 is 15.0 Å². The van der Waals surface area contributed by atoms with E-state index in [2.05, 4.69) is 5.32 Å². The van der Waals surface area contributed by atoms with E-state index in [1.165, 1.54) is 12.8 Å². The van der Waals surface area contributed by atoms with Gasteiger partial charge in [0.2, 0.25) is 0 Å². The number of nitrogens with one attached hydrogen (secondary N) is 1. The smallest absolute Gasteiger partial charge is 0.409 e. The van der Waals surface area contributed by atoms with Gasteiger partial charge in [0.05, 0.1) is 6.10 Å². The van der Waals surface area contributed by atoms with Crippen LogP contribution in [0, 0.1) is 5.92 Å². The molecule has 1 rings (SSSR count). The topological polar surface area (TPSA) is 41.6 Å². The maximum atomic E-state index is 11.5. The van der Waals surface area contributed by atoms with Gasteiger partial charge in [0.1, 0.15) is 0 Å². The molecular weight excluding hydrogens is 204 g/mol. The van der Waals surface area contributed by atoms with Crippen LogP contribution in [0.2, 0.25) is 0 Å². The first-order valence-electron chi connectivity index (χ1n) is 6.22. The van der Waals surface area contributed by atoms with Crippen molar-refractivity contribution in [1.29, 1.82) is 0 Å². The van der Waals surface area contributed by atoms with Crippen molar-refractivity contribution in [2.24, 2.45) is 5.92 Å². The Hall–Kier alpha value is -0.770. The standard InChI is InChI=1S/C12H24N2O2/c1-10(2)16-12(15)14(3)9-6-11-4-7-13-8-5-11/h10-11,13H,4-9H2,1-3H3. The molecule has 94 valence electrons. The first kappa shape index (κ1) is 13.3. The van der Waals surface area contributed by atoms with Crippen LogP contribution in [-0.4, -0.2) is 43.8 Å². The second-order valence-electron chi connectivity index (χ2n) is 4.84. The summed E-state index contributed by atoms with van der Waals surface area (Å²) in [4.78, 5) is 13.2. The molecule has 0 atom stereocenters. The van der Waals surface area contributed by atoms with Gasteiger partial charge in [-0.25, -0.2) is 4.79 Å². The van der Waals surface area contributed by atoms with Gasteiger partial charge in [0, 0.05) is 13.6 Å². The first-order chi connectivity index (χ1) is 7.59. The van der Waals surface area contributed by atoms with Gasteiger partial charge in [-0.2, -0.15) is 0 Å². The molecule has 1 amide bonds. The molecule has 0 radical (unpaired) electrons. The Balaban J connectivity index is 2.17. The lowest BCUT2D eigenvalue weighted by atomic mass is 9.94. The third-order valence-electron chi connectivity index (χ3n) is 2.98. The van der Waals surface area contributed by atoms with E-state index in [0.29, 0.717) is 0 Å². The fourth-order valence-electron chi connectivity index (χ4n) is 1.93. The van der Waals surface area contributed by atoms with Crippen molar-refractivity contribution in [3.8, 4) is 0 Å². The fraction of sp³-hybridized carbons (Fsp3) is 0.917. The molecule has 0 bridgehead atoms. The van der Waals surface area contributed by atoms with Crippen molar-refractivity contribution in [3.05, 3.63) is 0 Å². The fourth-order valence-corrected chi connectivity index (χ4v) is 1.93. The number of piperidine rings is 1. The second kappa shape index (κ2) is 6.74. The van der Waals surface area contributed by atoms with Gasteiger partial charge in [0.15, 0.2) is 0 Å². The summed E-state index contributed by atoms with van der Waals surface area (Å²) in [6.45, 7) is 6.78. The molecule has 16 heavy (non-hydrogen) atoms. The van der Waals surface area contributed by atoms with Crippen molar-refractivity contribution in [2.45, 2.75) is 39.2 Å².